The molecule has 0 aliphatic heterocycles. The first-order valence-electron chi connectivity index (χ1n) is 8.27. The molecule has 26 heavy (non-hydrogen) atoms. The minimum Gasteiger partial charge on any atom is -0.449 e. The molecule has 6 heteroatoms. The van der Waals surface area contributed by atoms with Crippen LogP contribution in [0, 0.1) is 6.92 Å². The highest BCUT2D eigenvalue weighted by atomic mass is 35.5. The molecule has 0 saturated heterocycles. The number of ether oxygens (including phenoxy) is 1. The fourth-order valence-electron chi connectivity index (χ4n) is 2.50. The number of anilines is 1. The first kappa shape index (κ1) is 20.3. The van der Waals surface area contributed by atoms with Gasteiger partial charge in [0.05, 0.1) is 10.6 Å². The average Bonchev–Trinajstić information content (AvgIpc) is 2.58. The van der Waals surface area contributed by atoms with Crippen LogP contribution in [0.25, 0.3) is 0 Å². The maximum Gasteiger partial charge on any atom is 0.340 e. The number of rotatable bonds is 5. The second-order valence-corrected chi connectivity index (χ2v) is 7.20. The standard InChI is InChI=1S/C20H21Cl2NO3/c1-11(2)15-7-5-6-12(3)18(15)23-19(24)13(4)26-20(25)16-10-14(21)8-9-17(16)22/h5-11,13H,1-4H3,(H,23,24)/t13-/m0/s1. The highest BCUT2D eigenvalue weighted by molar-refractivity contribution is 6.35. The summed E-state index contributed by atoms with van der Waals surface area (Å²) in [5.41, 5.74) is 2.84. The quantitative estimate of drug-likeness (QED) is 0.671. The van der Waals surface area contributed by atoms with Crippen molar-refractivity contribution in [3.8, 4) is 0 Å². The van der Waals surface area contributed by atoms with Crippen molar-refractivity contribution in [1.29, 1.82) is 0 Å². The normalized spacial score (nSPS) is 12.0. The number of amides is 1. The van der Waals surface area contributed by atoms with Crippen LogP contribution >= 0.6 is 23.2 Å². The monoisotopic (exact) mass is 393 g/mol. The van der Waals surface area contributed by atoms with Crippen LogP contribution in [0.1, 0.15) is 48.2 Å². The van der Waals surface area contributed by atoms with Crippen LogP contribution in [0.15, 0.2) is 36.4 Å². The van der Waals surface area contributed by atoms with Gasteiger partial charge < -0.3 is 10.1 Å². The van der Waals surface area contributed by atoms with Crippen molar-refractivity contribution in [2.75, 3.05) is 5.32 Å². The molecular weight excluding hydrogens is 373 g/mol. The van der Waals surface area contributed by atoms with Gasteiger partial charge >= 0.3 is 5.97 Å². The summed E-state index contributed by atoms with van der Waals surface area (Å²) in [4.78, 5) is 24.8. The molecule has 1 N–H and O–H groups in total. The van der Waals surface area contributed by atoms with Crippen molar-refractivity contribution in [3.05, 3.63) is 63.1 Å². The molecule has 0 saturated carbocycles. The lowest BCUT2D eigenvalue weighted by Crippen LogP contribution is -2.30. The third kappa shape index (κ3) is 4.77. The second-order valence-electron chi connectivity index (χ2n) is 6.35. The van der Waals surface area contributed by atoms with Gasteiger partial charge in [-0.15, -0.1) is 0 Å². The van der Waals surface area contributed by atoms with Crippen LogP contribution in [0.5, 0.6) is 0 Å². The zero-order valence-electron chi connectivity index (χ0n) is 15.1. The van der Waals surface area contributed by atoms with Crippen LogP contribution < -0.4 is 5.32 Å². The fraction of sp³-hybridized carbons (Fsp3) is 0.300. The van der Waals surface area contributed by atoms with Gasteiger partial charge in [0.25, 0.3) is 5.91 Å². The number of hydrogen-bond acceptors (Lipinski definition) is 3. The van der Waals surface area contributed by atoms with Gasteiger partial charge in [-0.3, -0.25) is 4.79 Å². The average molecular weight is 394 g/mol. The number of para-hydroxylation sites is 1. The van der Waals surface area contributed by atoms with Crippen LogP contribution in [-0.4, -0.2) is 18.0 Å². The molecule has 0 spiro atoms. The predicted molar refractivity (Wildman–Crippen MR) is 105 cm³/mol. The Labute approximate surface area is 163 Å². The summed E-state index contributed by atoms with van der Waals surface area (Å²) in [5, 5.41) is 3.44. The van der Waals surface area contributed by atoms with Gasteiger partial charge in [0.15, 0.2) is 6.10 Å². The molecule has 138 valence electrons. The molecular formula is C20H21Cl2NO3. The van der Waals surface area contributed by atoms with Crippen LogP contribution in [0.2, 0.25) is 10.0 Å². The van der Waals surface area contributed by atoms with Crippen molar-refractivity contribution >= 4 is 40.8 Å². The van der Waals surface area contributed by atoms with Gasteiger partial charge in [0.1, 0.15) is 0 Å². The van der Waals surface area contributed by atoms with E-state index in [0.29, 0.717) is 5.02 Å². The highest BCUT2D eigenvalue weighted by Crippen LogP contribution is 2.28. The summed E-state index contributed by atoms with van der Waals surface area (Å²) in [5.74, 6) is -0.866. The summed E-state index contributed by atoms with van der Waals surface area (Å²) in [6.07, 6.45) is -0.989. The number of nitrogens with one attached hydrogen (secondary N) is 1. The zero-order valence-corrected chi connectivity index (χ0v) is 16.6. The number of halogens is 2. The van der Waals surface area contributed by atoms with Crippen molar-refractivity contribution in [1.82, 2.24) is 0 Å². The first-order chi connectivity index (χ1) is 12.2. The molecule has 0 radical (unpaired) electrons. The Morgan fingerprint density at radius 2 is 1.77 bits per heavy atom. The fourth-order valence-corrected chi connectivity index (χ4v) is 2.87. The summed E-state index contributed by atoms with van der Waals surface area (Å²) in [6.45, 7) is 7.53. The summed E-state index contributed by atoms with van der Waals surface area (Å²) >= 11 is 11.9. The molecule has 0 bridgehead atoms. The molecule has 1 atom stereocenters. The van der Waals surface area contributed by atoms with E-state index in [1.165, 1.54) is 19.1 Å². The van der Waals surface area contributed by atoms with E-state index in [0.717, 1.165) is 16.8 Å². The number of benzene rings is 2. The van der Waals surface area contributed by atoms with E-state index in [9.17, 15) is 9.59 Å². The van der Waals surface area contributed by atoms with Gasteiger partial charge in [-0.1, -0.05) is 55.2 Å². The predicted octanol–water partition coefficient (Wildman–Crippen LogP) is 5.61. The lowest BCUT2D eigenvalue weighted by Gasteiger charge is -2.19. The minimum atomic E-state index is -0.989. The Bertz CT molecular complexity index is 834. The zero-order chi connectivity index (χ0) is 19.4. The van der Waals surface area contributed by atoms with E-state index in [2.05, 4.69) is 19.2 Å². The van der Waals surface area contributed by atoms with E-state index in [1.807, 2.05) is 25.1 Å². The maximum atomic E-state index is 12.5. The molecule has 4 nitrogen and oxygen atoms in total. The summed E-state index contributed by atoms with van der Waals surface area (Å²) in [6, 6.07) is 10.3. The third-order valence-electron chi connectivity index (χ3n) is 3.98. The molecule has 0 fully saturated rings. The number of carbonyl (C=O) groups is 2. The van der Waals surface area contributed by atoms with Gasteiger partial charge in [0, 0.05) is 10.7 Å². The first-order valence-corrected chi connectivity index (χ1v) is 9.02. The van der Waals surface area contributed by atoms with Gasteiger partial charge in [-0.2, -0.15) is 0 Å². The van der Waals surface area contributed by atoms with Gasteiger partial charge in [-0.05, 0) is 49.1 Å². The molecule has 2 aromatic rings. The highest BCUT2D eigenvalue weighted by Gasteiger charge is 2.22. The topological polar surface area (TPSA) is 55.4 Å². The lowest BCUT2D eigenvalue weighted by molar-refractivity contribution is -0.123. The minimum absolute atomic E-state index is 0.123. The number of esters is 1. The van der Waals surface area contributed by atoms with E-state index >= 15 is 0 Å². The molecule has 0 aromatic heterocycles. The maximum absolute atomic E-state index is 12.5. The molecule has 0 aliphatic rings. The number of hydrogen-bond donors (Lipinski definition) is 1. The van der Waals surface area contributed by atoms with Crippen molar-refractivity contribution < 1.29 is 14.3 Å². The SMILES string of the molecule is Cc1cccc(C(C)C)c1NC(=O)[C@H](C)OC(=O)c1cc(Cl)ccc1Cl. The van der Waals surface area contributed by atoms with Crippen molar-refractivity contribution in [2.45, 2.75) is 39.7 Å². The van der Waals surface area contributed by atoms with Crippen LogP contribution in [-0.2, 0) is 9.53 Å². The second kappa shape index (κ2) is 8.56. The summed E-state index contributed by atoms with van der Waals surface area (Å²) < 4.78 is 5.25. The Hall–Kier alpha value is -2.04. The van der Waals surface area contributed by atoms with E-state index in [-0.39, 0.29) is 16.5 Å². The third-order valence-corrected chi connectivity index (χ3v) is 4.54. The van der Waals surface area contributed by atoms with Crippen LogP contribution in [0.3, 0.4) is 0 Å². The molecule has 0 heterocycles. The number of carbonyl (C=O) groups excluding carboxylic acids is 2. The van der Waals surface area contributed by atoms with Gasteiger partial charge in [-0.25, -0.2) is 4.79 Å². The number of aryl methyl sites for hydroxylation is 1. The smallest absolute Gasteiger partial charge is 0.340 e. The largest absolute Gasteiger partial charge is 0.449 e. The Morgan fingerprint density at radius 3 is 2.42 bits per heavy atom. The van der Waals surface area contributed by atoms with Gasteiger partial charge in [0.2, 0.25) is 0 Å². The van der Waals surface area contributed by atoms with Crippen LogP contribution in [0.4, 0.5) is 5.69 Å². The molecule has 2 rings (SSSR count). The molecule has 0 aliphatic carbocycles. The molecule has 2 aromatic carbocycles. The Kier molecular flexibility index (Phi) is 6.68. The molecule has 1 amide bonds. The summed E-state index contributed by atoms with van der Waals surface area (Å²) in [7, 11) is 0. The Balaban J connectivity index is 2.14. The molecule has 0 unspecified atom stereocenters. The van der Waals surface area contributed by atoms with E-state index in [4.69, 9.17) is 27.9 Å². The van der Waals surface area contributed by atoms with Crippen molar-refractivity contribution in [3.63, 3.8) is 0 Å². The van der Waals surface area contributed by atoms with E-state index in [1.54, 1.807) is 6.07 Å². The lowest BCUT2D eigenvalue weighted by atomic mass is 9.98. The van der Waals surface area contributed by atoms with E-state index < -0.39 is 18.0 Å². The van der Waals surface area contributed by atoms with Crippen molar-refractivity contribution in [2.24, 2.45) is 0 Å². The Morgan fingerprint density at radius 1 is 1.08 bits per heavy atom.